The van der Waals surface area contributed by atoms with E-state index in [9.17, 15) is 9.18 Å². The molecule has 1 aliphatic heterocycles. The summed E-state index contributed by atoms with van der Waals surface area (Å²) in [6.45, 7) is 3.38. The van der Waals surface area contributed by atoms with Crippen molar-refractivity contribution in [3.8, 4) is 0 Å². The molecule has 0 radical (unpaired) electrons. The van der Waals surface area contributed by atoms with Crippen molar-refractivity contribution in [2.75, 3.05) is 13.1 Å². The molecule has 0 spiro atoms. The summed E-state index contributed by atoms with van der Waals surface area (Å²) in [5.74, 6) is -0.0467. The van der Waals surface area contributed by atoms with Crippen molar-refractivity contribution in [1.29, 1.82) is 0 Å². The lowest BCUT2D eigenvalue weighted by molar-refractivity contribution is 0.0689. The van der Waals surface area contributed by atoms with Gasteiger partial charge in [-0.3, -0.25) is 4.79 Å². The Balaban J connectivity index is 2.03. The monoisotopic (exact) mass is 347 g/mol. The molecular weight excluding hydrogens is 333 g/mol. The van der Waals surface area contributed by atoms with E-state index >= 15 is 0 Å². The van der Waals surface area contributed by atoms with Crippen molar-refractivity contribution in [3.05, 3.63) is 34.1 Å². The van der Waals surface area contributed by atoms with E-state index in [0.717, 1.165) is 12.8 Å². The average molecular weight is 349 g/mol. The van der Waals surface area contributed by atoms with Gasteiger partial charge in [0.15, 0.2) is 0 Å². The highest BCUT2D eigenvalue weighted by Gasteiger charge is 2.26. The van der Waals surface area contributed by atoms with Crippen LogP contribution in [0.1, 0.15) is 30.1 Å². The van der Waals surface area contributed by atoms with Gasteiger partial charge in [-0.1, -0.05) is 0 Å². The molecule has 1 aromatic carbocycles. The lowest BCUT2D eigenvalue weighted by atomic mass is 9.93. The summed E-state index contributed by atoms with van der Waals surface area (Å²) in [6.07, 6.45) is 1.82. The highest BCUT2D eigenvalue weighted by atomic mass is 79.9. The van der Waals surface area contributed by atoms with Crippen LogP contribution in [-0.2, 0) is 0 Å². The number of rotatable bonds is 2. The molecule has 104 valence electrons. The maximum absolute atomic E-state index is 13.4. The maximum atomic E-state index is 13.4. The summed E-state index contributed by atoms with van der Waals surface area (Å²) in [6, 6.07) is 4.49. The molecule has 1 unspecified atom stereocenters. The molecule has 5 heteroatoms. The summed E-state index contributed by atoms with van der Waals surface area (Å²) < 4.78 is 13.8. The van der Waals surface area contributed by atoms with Gasteiger partial charge in [-0.2, -0.15) is 0 Å². The first kappa shape index (κ1) is 14.8. The van der Waals surface area contributed by atoms with E-state index in [1.165, 1.54) is 6.07 Å². The second-order valence-corrected chi connectivity index (χ2v) is 6.48. The number of piperidine rings is 1. The number of carbonyl (C=O) groups excluding carboxylic acids is 1. The zero-order valence-corrected chi connectivity index (χ0v) is 13.0. The minimum atomic E-state index is -0.407. The molecule has 0 aromatic heterocycles. The van der Waals surface area contributed by atoms with E-state index < -0.39 is 5.82 Å². The van der Waals surface area contributed by atoms with Crippen molar-refractivity contribution in [2.45, 2.75) is 25.1 Å². The lowest BCUT2D eigenvalue weighted by Gasteiger charge is -2.33. The summed E-state index contributed by atoms with van der Waals surface area (Å²) in [4.78, 5) is 14.0. The topological polar surface area (TPSA) is 20.3 Å². The largest absolute Gasteiger partial charge is 0.339 e. The van der Waals surface area contributed by atoms with Crippen LogP contribution in [0.5, 0.6) is 0 Å². The first-order chi connectivity index (χ1) is 8.99. The van der Waals surface area contributed by atoms with Crippen LogP contribution in [0.2, 0.25) is 0 Å². The Kier molecular flexibility index (Phi) is 4.85. The molecule has 0 saturated carbocycles. The zero-order valence-electron chi connectivity index (χ0n) is 10.7. The standard InChI is InChI=1S/C14H16BrClFNO/c1-9(16)10-4-6-18(7-5-10)14(19)11-2-3-12(15)13(17)8-11/h2-3,8-10H,4-7H2,1H3. The first-order valence-corrected chi connectivity index (χ1v) is 7.60. The van der Waals surface area contributed by atoms with Gasteiger partial charge in [0.05, 0.1) is 4.47 Å². The van der Waals surface area contributed by atoms with Gasteiger partial charge in [-0.05, 0) is 59.8 Å². The van der Waals surface area contributed by atoms with E-state index in [2.05, 4.69) is 15.9 Å². The van der Waals surface area contributed by atoms with Crippen LogP contribution in [0, 0.1) is 11.7 Å². The fourth-order valence-electron chi connectivity index (χ4n) is 2.37. The predicted octanol–water partition coefficient (Wildman–Crippen LogP) is 4.07. The van der Waals surface area contributed by atoms with E-state index in [1.807, 2.05) is 6.92 Å². The van der Waals surface area contributed by atoms with Crippen LogP contribution in [-0.4, -0.2) is 29.3 Å². The molecule has 0 bridgehead atoms. The SMILES string of the molecule is CC(Cl)C1CCN(C(=O)c2ccc(Br)c(F)c2)CC1. The highest BCUT2D eigenvalue weighted by Crippen LogP contribution is 2.25. The molecule has 1 aliphatic rings. The van der Waals surface area contributed by atoms with Crippen molar-refractivity contribution in [3.63, 3.8) is 0 Å². The Hall–Kier alpha value is -0.610. The van der Waals surface area contributed by atoms with E-state index in [-0.39, 0.29) is 11.3 Å². The Morgan fingerprint density at radius 3 is 2.63 bits per heavy atom. The van der Waals surface area contributed by atoms with Gasteiger partial charge >= 0.3 is 0 Å². The van der Waals surface area contributed by atoms with Crippen LogP contribution >= 0.6 is 27.5 Å². The summed E-state index contributed by atoms with van der Waals surface area (Å²) in [5, 5.41) is 0.141. The molecule has 1 fully saturated rings. The first-order valence-electron chi connectivity index (χ1n) is 6.37. The van der Waals surface area contributed by atoms with Gasteiger partial charge in [0.2, 0.25) is 0 Å². The summed E-state index contributed by atoms with van der Waals surface area (Å²) >= 11 is 9.16. The predicted molar refractivity (Wildman–Crippen MR) is 78.0 cm³/mol. The van der Waals surface area contributed by atoms with Gasteiger partial charge in [0.1, 0.15) is 5.82 Å². The van der Waals surface area contributed by atoms with Crippen LogP contribution in [0.25, 0.3) is 0 Å². The maximum Gasteiger partial charge on any atom is 0.253 e. The van der Waals surface area contributed by atoms with Crippen molar-refractivity contribution in [2.24, 2.45) is 5.92 Å². The Morgan fingerprint density at radius 2 is 2.11 bits per heavy atom. The van der Waals surface area contributed by atoms with Crippen LogP contribution in [0.4, 0.5) is 4.39 Å². The summed E-state index contributed by atoms with van der Waals surface area (Å²) in [5.41, 5.74) is 0.401. The second kappa shape index (κ2) is 6.23. The van der Waals surface area contributed by atoms with Crippen LogP contribution in [0.15, 0.2) is 22.7 Å². The Bertz CT molecular complexity index is 473. The number of amides is 1. The number of hydrogen-bond acceptors (Lipinski definition) is 1. The number of carbonyl (C=O) groups is 1. The van der Waals surface area contributed by atoms with Crippen LogP contribution in [0.3, 0.4) is 0 Å². The number of halogens is 3. The molecule has 0 N–H and O–H groups in total. The van der Waals surface area contributed by atoms with E-state index in [0.29, 0.717) is 29.0 Å². The number of nitrogens with zero attached hydrogens (tertiary/aromatic N) is 1. The lowest BCUT2D eigenvalue weighted by Crippen LogP contribution is -2.40. The quantitative estimate of drug-likeness (QED) is 0.738. The molecule has 0 aliphatic carbocycles. The molecule has 1 aromatic rings. The molecule has 2 rings (SSSR count). The third kappa shape index (κ3) is 3.48. The Morgan fingerprint density at radius 1 is 1.47 bits per heavy atom. The van der Waals surface area contributed by atoms with Gasteiger partial charge in [-0.25, -0.2) is 4.39 Å². The molecule has 1 heterocycles. The van der Waals surface area contributed by atoms with Crippen molar-refractivity contribution < 1.29 is 9.18 Å². The smallest absolute Gasteiger partial charge is 0.253 e. The number of hydrogen-bond donors (Lipinski definition) is 0. The molecule has 1 amide bonds. The second-order valence-electron chi connectivity index (χ2n) is 4.94. The molecular formula is C14H16BrClFNO. The fourth-order valence-corrected chi connectivity index (χ4v) is 2.87. The average Bonchev–Trinajstić information content (AvgIpc) is 2.41. The normalized spacial score (nSPS) is 18.4. The molecule has 2 nitrogen and oxygen atoms in total. The van der Waals surface area contributed by atoms with E-state index in [1.54, 1.807) is 17.0 Å². The fraction of sp³-hybridized carbons (Fsp3) is 0.500. The molecule has 19 heavy (non-hydrogen) atoms. The Labute approximate surface area is 126 Å². The number of likely N-dealkylation sites (tertiary alicyclic amines) is 1. The van der Waals surface area contributed by atoms with Gasteiger partial charge in [0.25, 0.3) is 5.91 Å². The third-order valence-electron chi connectivity index (χ3n) is 3.64. The number of alkyl halides is 1. The third-order valence-corrected chi connectivity index (χ3v) is 4.64. The summed E-state index contributed by atoms with van der Waals surface area (Å²) in [7, 11) is 0. The van der Waals surface area contributed by atoms with E-state index in [4.69, 9.17) is 11.6 Å². The van der Waals surface area contributed by atoms with Crippen molar-refractivity contribution >= 4 is 33.4 Å². The van der Waals surface area contributed by atoms with Gasteiger partial charge in [0, 0.05) is 24.0 Å². The number of benzene rings is 1. The van der Waals surface area contributed by atoms with Crippen molar-refractivity contribution in [1.82, 2.24) is 4.90 Å². The minimum absolute atomic E-state index is 0.105. The zero-order chi connectivity index (χ0) is 14.0. The molecule has 1 atom stereocenters. The van der Waals surface area contributed by atoms with Gasteiger partial charge < -0.3 is 4.90 Å². The molecule has 1 saturated heterocycles. The minimum Gasteiger partial charge on any atom is -0.339 e. The van der Waals surface area contributed by atoms with Crippen LogP contribution < -0.4 is 0 Å². The van der Waals surface area contributed by atoms with Gasteiger partial charge in [-0.15, -0.1) is 11.6 Å². The highest BCUT2D eigenvalue weighted by molar-refractivity contribution is 9.10.